The molecule has 106 valence electrons. The molecule has 0 saturated heterocycles. The molecule has 2 rings (SSSR count). The number of nitrogens with zero attached hydrogens (tertiary/aromatic N) is 2. The van der Waals surface area contributed by atoms with Crippen LogP contribution < -0.4 is 10.2 Å². The van der Waals surface area contributed by atoms with Crippen molar-refractivity contribution in [3.63, 3.8) is 0 Å². The summed E-state index contributed by atoms with van der Waals surface area (Å²) in [5.74, 6) is 0.0589. The number of rotatable bonds is 5. The Morgan fingerprint density at radius 3 is 2.84 bits per heavy atom. The molecular formula is C14H23N3OS. The number of carbonyl (C=O) groups excluding carboxylic acids is 1. The molecule has 0 spiro atoms. The van der Waals surface area contributed by atoms with Gasteiger partial charge in [0.1, 0.15) is 0 Å². The predicted molar refractivity (Wildman–Crippen MR) is 79.5 cm³/mol. The Labute approximate surface area is 119 Å². The number of hydrogen-bond acceptors (Lipinski definition) is 4. The van der Waals surface area contributed by atoms with Gasteiger partial charge in [0.05, 0.1) is 5.69 Å². The van der Waals surface area contributed by atoms with Crippen molar-refractivity contribution in [2.45, 2.75) is 58.5 Å². The minimum atomic E-state index is 0.0589. The van der Waals surface area contributed by atoms with E-state index in [-0.39, 0.29) is 5.91 Å². The van der Waals surface area contributed by atoms with Gasteiger partial charge in [-0.2, -0.15) is 0 Å². The van der Waals surface area contributed by atoms with Crippen molar-refractivity contribution in [1.82, 2.24) is 10.3 Å². The fraction of sp³-hybridized carbons (Fsp3) is 0.714. The largest absolute Gasteiger partial charge is 0.308 e. The van der Waals surface area contributed by atoms with Gasteiger partial charge in [0.2, 0.25) is 5.91 Å². The van der Waals surface area contributed by atoms with Crippen molar-refractivity contribution in [2.75, 3.05) is 11.4 Å². The van der Waals surface area contributed by atoms with Crippen LogP contribution in [0.5, 0.6) is 0 Å². The molecule has 0 aliphatic heterocycles. The van der Waals surface area contributed by atoms with Gasteiger partial charge in [-0.25, -0.2) is 4.98 Å². The average Bonchev–Trinajstić information content (AvgIpc) is 2.87. The molecule has 1 N–H and O–H groups in total. The Morgan fingerprint density at radius 1 is 1.47 bits per heavy atom. The van der Waals surface area contributed by atoms with E-state index in [1.165, 1.54) is 32.1 Å². The molecule has 0 unspecified atom stereocenters. The second-order valence-corrected chi connectivity index (χ2v) is 5.94. The summed E-state index contributed by atoms with van der Waals surface area (Å²) in [6.07, 6.45) is 6.63. The lowest BCUT2D eigenvalue weighted by Crippen LogP contribution is -2.31. The van der Waals surface area contributed by atoms with Gasteiger partial charge in [-0.05, 0) is 19.8 Å². The Hall–Kier alpha value is -0.940. The average molecular weight is 281 g/mol. The Kier molecular flexibility index (Phi) is 5.34. The van der Waals surface area contributed by atoms with E-state index >= 15 is 0 Å². The summed E-state index contributed by atoms with van der Waals surface area (Å²) >= 11 is 1.55. The van der Waals surface area contributed by atoms with Crippen LogP contribution in [-0.4, -0.2) is 23.5 Å². The topological polar surface area (TPSA) is 45.2 Å². The number of carbonyl (C=O) groups is 1. The van der Waals surface area contributed by atoms with Gasteiger partial charge in [-0.15, -0.1) is 11.3 Å². The van der Waals surface area contributed by atoms with Crippen LogP contribution in [0.25, 0.3) is 0 Å². The molecule has 1 aromatic rings. The lowest BCUT2D eigenvalue weighted by atomic mass is 9.95. The highest BCUT2D eigenvalue weighted by Crippen LogP contribution is 2.22. The highest BCUT2D eigenvalue weighted by atomic mass is 32.1. The zero-order valence-corrected chi connectivity index (χ0v) is 12.6. The van der Waals surface area contributed by atoms with Gasteiger partial charge in [0.15, 0.2) is 5.13 Å². The van der Waals surface area contributed by atoms with E-state index in [1.54, 1.807) is 23.2 Å². The zero-order chi connectivity index (χ0) is 13.7. The normalized spacial score (nSPS) is 16.5. The minimum Gasteiger partial charge on any atom is -0.308 e. The van der Waals surface area contributed by atoms with E-state index in [9.17, 15) is 4.79 Å². The third-order valence-electron chi connectivity index (χ3n) is 3.64. The van der Waals surface area contributed by atoms with Crippen LogP contribution >= 0.6 is 11.3 Å². The van der Waals surface area contributed by atoms with Crippen LogP contribution in [0.3, 0.4) is 0 Å². The first-order valence-corrected chi connectivity index (χ1v) is 8.04. The van der Waals surface area contributed by atoms with Crippen molar-refractivity contribution in [1.29, 1.82) is 0 Å². The first-order chi connectivity index (χ1) is 9.20. The minimum absolute atomic E-state index is 0.0589. The molecule has 0 bridgehead atoms. The Morgan fingerprint density at radius 2 is 2.21 bits per heavy atom. The molecule has 1 saturated carbocycles. The maximum absolute atomic E-state index is 11.5. The van der Waals surface area contributed by atoms with Crippen molar-refractivity contribution in [2.24, 2.45) is 0 Å². The maximum Gasteiger partial charge on any atom is 0.225 e. The van der Waals surface area contributed by atoms with Crippen LogP contribution in [0.1, 0.15) is 51.6 Å². The summed E-state index contributed by atoms with van der Waals surface area (Å²) in [6, 6.07) is 0.647. The Bertz CT molecular complexity index is 413. The number of hydrogen-bond donors (Lipinski definition) is 1. The quantitative estimate of drug-likeness (QED) is 0.902. The van der Waals surface area contributed by atoms with Crippen LogP contribution in [0.4, 0.5) is 5.13 Å². The second-order valence-electron chi connectivity index (χ2n) is 5.10. The molecule has 1 aliphatic rings. The highest BCUT2D eigenvalue weighted by molar-refractivity contribution is 7.14. The van der Waals surface area contributed by atoms with Crippen molar-refractivity contribution in [3.05, 3.63) is 11.1 Å². The second kappa shape index (κ2) is 7.01. The summed E-state index contributed by atoms with van der Waals surface area (Å²) in [6.45, 7) is 5.06. The third-order valence-corrected chi connectivity index (χ3v) is 4.56. The third kappa shape index (κ3) is 4.01. The van der Waals surface area contributed by atoms with Crippen LogP contribution in [0.2, 0.25) is 0 Å². The SMILES string of the molecule is CCN(C(C)=O)c1nc(CNC2CCCCC2)cs1. The van der Waals surface area contributed by atoms with Gasteiger partial charge in [-0.3, -0.25) is 9.69 Å². The molecule has 0 atom stereocenters. The summed E-state index contributed by atoms with van der Waals surface area (Å²) in [5.41, 5.74) is 1.05. The molecule has 1 aromatic heterocycles. The lowest BCUT2D eigenvalue weighted by Gasteiger charge is -2.22. The van der Waals surface area contributed by atoms with Gasteiger partial charge in [0, 0.05) is 31.4 Å². The monoisotopic (exact) mass is 281 g/mol. The molecule has 1 heterocycles. The number of amides is 1. The lowest BCUT2D eigenvalue weighted by molar-refractivity contribution is -0.116. The maximum atomic E-state index is 11.5. The van der Waals surface area contributed by atoms with Crippen LogP contribution in [-0.2, 0) is 11.3 Å². The van der Waals surface area contributed by atoms with E-state index < -0.39 is 0 Å². The standard InChI is InChI=1S/C14H23N3OS/c1-3-17(11(2)18)14-16-13(10-19-14)9-15-12-7-5-4-6-8-12/h10,12,15H,3-9H2,1-2H3. The summed E-state index contributed by atoms with van der Waals surface area (Å²) in [4.78, 5) is 17.7. The smallest absolute Gasteiger partial charge is 0.225 e. The zero-order valence-electron chi connectivity index (χ0n) is 11.8. The van der Waals surface area contributed by atoms with E-state index in [1.807, 2.05) is 6.92 Å². The van der Waals surface area contributed by atoms with E-state index in [0.717, 1.165) is 17.4 Å². The van der Waals surface area contributed by atoms with Crippen LogP contribution in [0, 0.1) is 0 Å². The molecule has 5 heteroatoms. The van der Waals surface area contributed by atoms with Gasteiger partial charge < -0.3 is 5.32 Å². The number of nitrogens with one attached hydrogen (secondary N) is 1. The molecule has 4 nitrogen and oxygen atoms in total. The first kappa shape index (κ1) is 14.5. The van der Waals surface area contributed by atoms with E-state index in [0.29, 0.717) is 12.6 Å². The van der Waals surface area contributed by atoms with Gasteiger partial charge in [-0.1, -0.05) is 19.3 Å². The molecule has 1 fully saturated rings. The van der Waals surface area contributed by atoms with E-state index in [2.05, 4.69) is 15.7 Å². The highest BCUT2D eigenvalue weighted by Gasteiger charge is 2.15. The predicted octanol–water partition coefficient (Wildman–Crippen LogP) is 2.94. The Balaban J connectivity index is 1.87. The number of thiazole rings is 1. The van der Waals surface area contributed by atoms with Crippen molar-refractivity contribution >= 4 is 22.4 Å². The first-order valence-electron chi connectivity index (χ1n) is 7.16. The molecule has 0 radical (unpaired) electrons. The van der Waals surface area contributed by atoms with E-state index in [4.69, 9.17) is 0 Å². The van der Waals surface area contributed by atoms with Gasteiger partial charge >= 0.3 is 0 Å². The molecular weight excluding hydrogens is 258 g/mol. The number of aromatic nitrogens is 1. The molecule has 0 aromatic carbocycles. The number of anilines is 1. The van der Waals surface area contributed by atoms with Crippen molar-refractivity contribution in [3.8, 4) is 0 Å². The molecule has 19 heavy (non-hydrogen) atoms. The van der Waals surface area contributed by atoms with Gasteiger partial charge in [0.25, 0.3) is 0 Å². The summed E-state index contributed by atoms with van der Waals surface area (Å²) in [7, 11) is 0. The molecule has 1 amide bonds. The van der Waals surface area contributed by atoms with Crippen molar-refractivity contribution < 1.29 is 4.79 Å². The summed E-state index contributed by atoms with van der Waals surface area (Å²) < 4.78 is 0. The molecule has 1 aliphatic carbocycles. The fourth-order valence-corrected chi connectivity index (χ4v) is 3.48. The van der Waals surface area contributed by atoms with Crippen LogP contribution in [0.15, 0.2) is 5.38 Å². The summed E-state index contributed by atoms with van der Waals surface area (Å²) in [5, 5.41) is 6.45. The fourth-order valence-electron chi connectivity index (χ4n) is 2.55.